The van der Waals surface area contributed by atoms with Gasteiger partial charge >= 0.3 is 0 Å². The number of halogens is 1. The molecule has 22 heavy (non-hydrogen) atoms. The molecule has 1 saturated heterocycles. The SMILES string of the molecule is CCOCc1cc(CN2CCCC(NC)C2)ccc1OC.Cl. The van der Waals surface area contributed by atoms with Crippen LogP contribution in [0.5, 0.6) is 5.75 Å². The number of methoxy groups -OCH3 is 1. The first-order valence-corrected chi connectivity index (χ1v) is 7.90. The molecule has 126 valence electrons. The minimum absolute atomic E-state index is 0. The van der Waals surface area contributed by atoms with Crippen LogP contribution in [0, 0.1) is 0 Å². The van der Waals surface area contributed by atoms with Gasteiger partial charge in [0, 0.05) is 31.3 Å². The highest BCUT2D eigenvalue weighted by Crippen LogP contribution is 2.22. The van der Waals surface area contributed by atoms with Gasteiger partial charge in [0.1, 0.15) is 5.75 Å². The van der Waals surface area contributed by atoms with Gasteiger partial charge in [-0.1, -0.05) is 6.07 Å². The fourth-order valence-electron chi connectivity index (χ4n) is 2.95. The Kier molecular flexibility index (Phi) is 8.79. The van der Waals surface area contributed by atoms with E-state index in [-0.39, 0.29) is 12.4 Å². The van der Waals surface area contributed by atoms with Crippen LogP contribution in [0.3, 0.4) is 0 Å². The number of hydrogen-bond donors (Lipinski definition) is 1. The average molecular weight is 329 g/mol. The standard InChI is InChI=1S/C17H28N2O2.ClH/c1-4-21-13-15-10-14(7-8-17(15)20-3)11-19-9-5-6-16(12-19)18-2;/h7-8,10,16,18H,4-6,9,11-13H2,1-3H3;1H. The molecule has 0 amide bonds. The topological polar surface area (TPSA) is 33.7 Å². The van der Waals surface area contributed by atoms with Crippen LogP contribution in [-0.2, 0) is 17.9 Å². The predicted octanol–water partition coefficient (Wildman–Crippen LogP) is 2.84. The Morgan fingerprint density at radius 1 is 1.36 bits per heavy atom. The first kappa shape index (κ1) is 19.2. The van der Waals surface area contributed by atoms with Gasteiger partial charge in [-0.15, -0.1) is 12.4 Å². The molecule has 1 aliphatic rings. The molecule has 1 atom stereocenters. The van der Waals surface area contributed by atoms with E-state index in [0.717, 1.165) is 31.0 Å². The van der Waals surface area contributed by atoms with Crippen molar-refractivity contribution in [1.29, 1.82) is 0 Å². The Balaban J connectivity index is 0.00000242. The van der Waals surface area contributed by atoms with Crippen molar-refractivity contribution in [2.45, 2.75) is 39.0 Å². The molecule has 0 aliphatic carbocycles. The molecule has 1 heterocycles. The Hall–Kier alpha value is -0.810. The van der Waals surface area contributed by atoms with E-state index in [1.54, 1.807) is 7.11 Å². The van der Waals surface area contributed by atoms with E-state index in [4.69, 9.17) is 9.47 Å². The summed E-state index contributed by atoms with van der Waals surface area (Å²) in [6, 6.07) is 7.07. The summed E-state index contributed by atoms with van der Waals surface area (Å²) in [5, 5.41) is 3.40. The van der Waals surface area contributed by atoms with Gasteiger partial charge in [0.05, 0.1) is 13.7 Å². The van der Waals surface area contributed by atoms with E-state index in [1.165, 1.54) is 24.9 Å². The summed E-state index contributed by atoms with van der Waals surface area (Å²) < 4.78 is 11.0. The lowest BCUT2D eigenvalue weighted by molar-refractivity contribution is 0.131. The number of hydrogen-bond acceptors (Lipinski definition) is 4. The van der Waals surface area contributed by atoms with Gasteiger partial charge < -0.3 is 14.8 Å². The second-order valence-corrected chi connectivity index (χ2v) is 5.65. The molecule has 1 fully saturated rings. The van der Waals surface area contributed by atoms with E-state index < -0.39 is 0 Å². The van der Waals surface area contributed by atoms with E-state index in [1.807, 2.05) is 6.92 Å². The summed E-state index contributed by atoms with van der Waals surface area (Å²) >= 11 is 0. The lowest BCUT2D eigenvalue weighted by Gasteiger charge is -2.32. The largest absolute Gasteiger partial charge is 0.496 e. The molecule has 5 heteroatoms. The molecule has 0 aromatic heterocycles. The molecule has 0 radical (unpaired) electrons. The average Bonchev–Trinajstić information content (AvgIpc) is 2.53. The Labute approximate surface area is 140 Å². The fourth-order valence-corrected chi connectivity index (χ4v) is 2.95. The second-order valence-electron chi connectivity index (χ2n) is 5.65. The molecular weight excluding hydrogens is 300 g/mol. The zero-order valence-electron chi connectivity index (χ0n) is 13.9. The molecule has 1 unspecified atom stereocenters. The van der Waals surface area contributed by atoms with Crippen molar-refractivity contribution in [3.8, 4) is 5.75 Å². The molecule has 1 aromatic rings. The summed E-state index contributed by atoms with van der Waals surface area (Å²) in [4.78, 5) is 2.52. The summed E-state index contributed by atoms with van der Waals surface area (Å²) in [5.74, 6) is 0.916. The van der Waals surface area contributed by atoms with Gasteiger partial charge in [-0.2, -0.15) is 0 Å². The third kappa shape index (κ3) is 5.43. The summed E-state index contributed by atoms with van der Waals surface area (Å²) in [6.45, 7) is 6.67. The first-order valence-electron chi connectivity index (χ1n) is 7.90. The number of nitrogens with one attached hydrogen (secondary N) is 1. The Bertz CT molecular complexity index is 443. The maximum absolute atomic E-state index is 5.54. The minimum Gasteiger partial charge on any atom is -0.496 e. The number of benzene rings is 1. The third-order valence-electron chi connectivity index (χ3n) is 4.13. The van der Waals surface area contributed by atoms with Crippen molar-refractivity contribution >= 4 is 12.4 Å². The quantitative estimate of drug-likeness (QED) is 0.834. The molecular formula is C17H29ClN2O2. The number of piperidine rings is 1. The van der Waals surface area contributed by atoms with Crippen LogP contribution >= 0.6 is 12.4 Å². The van der Waals surface area contributed by atoms with Gasteiger partial charge in [-0.25, -0.2) is 0 Å². The van der Waals surface area contributed by atoms with Gasteiger partial charge in [-0.3, -0.25) is 4.90 Å². The molecule has 4 nitrogen and oxygen atoms in total. The molecule has 1 N–H and O–H groups in total. The van der Waals surface area contributed by atoms with E-state index in [0.29, 0.717) is 12.6 Å². The van der Waals surface area contributed by atoms with Crippen molar-refractivity contribution in [2.75, 3.05) is 33.9 Å². The highest BCUT2D eigenvalue weighted by molar-refractivity contribution is 5.85. The smallest absolute Gasteiger partial charge is 0.124 e. The molecule has 0 spiro atoms. The van der Waals surface area contributed by atoms with Crippen LogP contribution in [-0.4, -0.2) is 44.8 Å². The maximum Gasteiger partial charge on any atom is 0.124 e. The van der Waals surface area contributed by atoms with Crippen molar-refractivity contribution in [1.82, 2.24) is 10.2 Å². The van der Waals surface area contributed by atoms with Crippen molar-refractivity contribution < 1.29 is 9.47 Å². The first-order chi connectivity index (χ1) is 10.3. The Morgan fingerprint density at radius 2 is 2.18 bits per heavy atom. The number of likely N-dealkylation sites (tertiary alicyclic amines) is 1. The van der Waals surface area contributed by atoms with Gasteiger partial charge in [-0.05, 0) is 51.1 Å². The fraction of sp³-hybridized carbons (Fsp3) is 0.647. The van der Waals surface area contributed by atoms with Crippen molar-refractivity contribution in [2.24, 2.45) is 0 Å². The van der Waals surface area contributed by atoms with Gasteiger partial charge in [0.25, 0.3) is 0 Å². The van der Waals surface area contributed by atoms with Crippen LogP contribution in [0.25, 0.3) is 0 Å². The molecule has 2 rings (SSSR count). The van der Waals surface area contributed by atoms with Crippen LogP contribution in [0.15, 0.2) is 18.2 Å². The van der Waals surface area contributed by atoms with Crippen molar-refractivity contribution in [3.63, 3.8) is 0 Å². The number of rotatable bonds is 7. The zero-order chi connectivity index (χ0) is 15.1. The maximum atomic E-state index is 5.54. The molecule has 0 bridgehead atoms. The zero-order valence-corrected chi connectivity index (χ0v) is 14.7. The summed E-state index contributed by atoms with van der Waals surface area (Å²) in [7, 11) is 3.77. The summed E-state index contributed by atoms with van der Waals surface area (Å²) in [6.07, 6.45) is 2.55. The summed E-state index contributed by atoms with van der Waals surface area (Å²) in [5.41, 5.74) is 2.47. The Morgan fingerprint density at radius 3 is 2.86 bits per heavy atom. The van der Waals surface area contributed by atoms with Crippen LogP contribution in [0.2, 0.25) is 0 Å². The van der Waals surface area contributed by atoms with E-state index >= 15 is 0 Å². The number of likely N-dealkylation sites (N-methyl/N-ethyl adjacent to an activating group) is 1. The molecule has 0 saturated carbocycles. The van der Waals surface area contributed by atoms with Gasteiger partial charge in [0.15, 0.2) is 0 Å². The normalized spacial score (nSPS) is 18.8. The molecule has 1 aromatic carbocycles. The number of ether oxygens (including phenoxy) is 2. The second kappa shape index (κ2) is 10.1. The van der Waals surface area contributed by atoms with Crippen molar-refractivity contribution in [3.05, 3.63) is 29.3 Å². The highest BCUT2D eigenvalue weighted by Gasteiger charge is 2.18. The number of nitrogens with zero attached hydrogens (tertiary/aromatic N) is 1. The predicted molar refractivity (Wildman–Crippen MR) is 92.9 cm³/mol. The van der Waals surface area contributed by atoms with Crippen LogP contribution < -0.4 is 10.1 Å². The van der Waals surface area contributed by atoms with E-state index in [2.05, 4.69) is 35.5 Å². The van der Waals surface area contributed by atoms with Crippen LogP contribution in [0.4, 0.5) is 0 Å². The minimum atomic E-state index is 0. The van der Waals surface area contributed by atoms with Crippen LogP contribution in [0.1, 0.15) is 30.9 Å². The molecule has 1 aliphatic heterocycles. The lowest BCUT2D eigenvalue weighted by atomic mass is 10.0. The monoisotopic (exact) mass is 328 g/mol. The lowest BCUT2D eigenvalue weighted by Crippen LogP contribution is -2.43. The van der Waals surface area contributed by atoms with E-state index in [9.17, 15) is 0 Å². The third-order valence-corrected chi connectivity index (χ3v) is 4.13. The highest BCUT2D eigenvalue weighted by atomic mass is 35.5. The van der Waals surface area contributed by atoms with Gasteiger partial charge in [0.2, 0.25) is 0 Å².